The second kappa shape index (κ2) is 7.20. The summed E-state index contributed by atoms with van der Waals surface area (Å²) in [4.78, 5) is 6.49. The Morgan fingerprint density at radius 1 is 1.25 bits per heavy atom. The lowest BCUT2D eigenvalue weighted by molar-refractivity contribution is 0.164. The molecule has 1 aromatic heterocycles. The number of fused-ring (bicyclic) bond motifs is 1. The molecule has 1 aliphatic heterocycles. The molecule has 3 rings (SSSR count). The van der Waals surface area contributed by atoms with Gasteiger partial charge in [0.05, 0.1) is 11.6 Å². The van der Waals surface area contributed by atoms with Gasteiger partial charge in [-0.05, 0) is 23.8 Å². The first-order chi connectivity index (χ1) is 8.72. The van der Waals surface area contributed by atoms with Crippen molar-refractivity contribution in [3.05, 3.63) is 42.1 Å². The molecular weight excluding hydrogens is 297 g/mol. The third kappa shape index (κ3) is 3.59. The predicted octanol–water partition coefficient (Wildman–Crippen LogP) is 1.58. The standard InChI is InChI=1S/C14H17N3O.2ClH/c15-12-8-17(9-14(12)18)7-10-3-4-13-11(6-10)2-1-5-16-13;;/h1-6,12,14,18H,7-9,15H2;2*1H/t12-,14-;;/m1../s1. The van der Waals surface area contributed by atoms with Crippen LogP contribution in [0, 0.1) is 0 Å². The number of aromatic nitrogens is 1. The highest BCUT2D eigenvalue weighted by molar-refractivity contribution is 5.85. The van der Waals surface area contributed by atoms with E-state index in [1.54, 1.807) is 6.20 Å². The van der Waals surface area contributed by atoms with Crippen LogP contribution in [0.15, 0.2) is 36.5 Å². The van der Waals surface area contributed by atoms with Gasteiger partial charge in [-0.15, -0.1) is 24.8 Å². The summed E-state index contributed by atoms with van der Waals surface area (Å²) in [6.07, 6.45) is 1.41. The molecule has 1 saturated heterocycles. The van der Waals surface area contributed by atoms with Crippen molar-refractivity contribution in [2.24, 2.45) is 5.73 Å². The van der Waals surface area contributed by atoms with E-state index in [-0.39, 0.29) is 30.9 Å². The summed E-state index contributed by atoms with van der Waals surface area (Å²) in [7, 11) is 0. The zero-order chi connectivity index (χ0) is 12.5. The van der Waals surface area contributed by atoms with E-state index in [0.29, 0.717) is 6.54 Å². The minimum absolute atomic E-state index is 0. The molecular formula is C14H19Cl2N3O. The van der Waals surface area contributed by atoms with Gasteiger partial charge in [-0.25, -0.2) is 0 Å². The van der Waals surface area contributed by atoms with E-state index in [1.807, 2.05) is 12.1 Å². The maximum absolute atomic E-state index is 9.64. The van der Waals surface area contributed by atoms with Crippen LogP contribution in [0.1, 0.15) is 5.56 Å². The number of benzene rings is 1. The fourth-order valence-electron chi connectivity index (χ4n) is 2.51. The Bertz CT molecular complexity index is 557. The van der Waals surface area contributed by atoms with Crippen LogP contribution < -0.4 is 5.73 Å². The van der Waals surface area contributed by atoms with Crippen molar-refractivity contribution in [1.82, 2.24) is 9.88 Å². The molecule has 0 bridgehead atoms. The number of aliphatic hydroxyl groups is 1. The van der Waals surface area contributed by atoms with Gasteiger partial charge in [0.2, 0.25) is 0 Å². The summed E-state index contributed by atoms with van der Waals surface area (Å²) in [5.74, 6) is 0. The molecule has 110 valence electrons. The number of likely N-dealkylation sites (tertiary alicyclic amines) is 1. The second-order valence-corrected chi connectivity index (χ2v) is 4.96. The fraction of sp³-hybridized carbons (Fsp3) is 0.357. The zero-order valence-corrected chi connectivity index (χ0v) is 12.6. The van der Waals surface area contributed by atoms with E-state index in [9.17, 15) is 5.11 Å². The summed E-state index contributed by atoms with van der Waals surface area (Å²) >= 11 is 0. The number of rotatable bonds is 2. The molecule has 0 spiro atoms. The summed E-state index contributed by atoms with van der Waals surface area (Å²) in [5.41, 5.74) is 8.06. The first kappa shape index (κ1) is 17.1. The van der Waals surface area contributed by atoms with E-state index in [4.69, 9.17) is 5.73 Å². The Morgan fingerprint density at radius 3 is 2.75 bits per heavy atom. The van der Waals surface area contributed by atoms with E-state index in [2.05, 4.69) is 28.1 Å². The first-order valence-electron chi connectivity index (χ1n) is 6.22. The second-order valence-electron chi connectivity index (χ2n) is 4.96. The topological polar surface area (TPSA) is 62.4 Å². The Hall–Kier alpha value is -0.910. The van der Waals surface area contributed by atoms with Gasteiger partial charge in [0, 0.05) is 37.3 Å². The molecule has 1 aromatic carbocycles. The number of nitrogens with zero attached hydrogens (tertiary/aromatic N) is 2. The molecule has 2 aromatic rings. The minimum Gasteiger partial charge on any atom is -0.390 e. The van der Waals surface area contributed by atoms with Crippen molar-refractivity contribution in [1.29, 1.82) is 0 Å². The Labute approximate surface area is 130 Å². The molecule has 0 amide bonds. The molecule has 2 heterocycles. The summed E-state index contributed by atoms with van der Waals surface area (Å²) in [6, 6.07) is 10.2. The van der Waals surface area contributed by atoms with E-state index < -0.39 is 6.10 Å². The summed E-state index contributed by atoms with van der Waals surface area (Å²) < 4.78 is 0. The number of nitrogens with two attached hydrogens (primary N) is 1. The van der Waals surface area contributed by atoms with E-state index in [1.165, 1.54) is 5.56 Å². The average molecular weight is 316 g/mol. The molecule has 0 aliphatic carbocycles. The maximum Gasteiger partial charge on any atom is 0.0830 e. The van der Waals surface area contributed by atoms with Crippen LogP contribution in [-0.4, -0.2) is 40.2 Å². The molecule has 0 unspecified atom stereocenters. The van der Waals surface area contributed by atoms with Crippen LogP contribution in [0.5, 0.6) is 0 Å². The van der Waals surface area contributed by atoms with Crippen molar-refractivity contribution in [2.45, 2.75) is 18.7 Å². The predicted molar refractivity (Wildman–Crippen MR) is 85.5 cm³/mol. The number of pyridine rings is 1. The number of aliphatic hydroxyl groups excluding tert-OH is 1. The van der Waals surface area contributed by atoms with Gasteiger partial charge < -0.3 is 10.8 Å². The third-order valence-electron chi connectivity index (χ3n) is 3.48. The van der Waals surface area contributed by atoms with E-state index in [0.717, 1.165) is 24.0 Å². The van der Waals surface area contributed by atoms with Gasteiger partial charge in [-0.2, -0.15) is 0 Å². The van der Waals surface area contributed by atoms with Crippen molar-refractivity contribution in [2.75, 3.05) is 13.1 Å². The fourth-order valence-corrected chi connectivity index (χ4v) is 2.51. The average Bonchev–Trinajstić information content (AvgIpc) is 2.68. The van der Waals surface area contributed by atoms with Crippen LogP contribution in [0.2, 0.25) is 0 Å². The lowest BCUT2D eigenvalue weighted by Gasteiger charge is -2.15. The zero-order valence-electron chi connectivity index (χ0n) is 11.0. The van der Waals surface area contributed by atoms with Gasteiger partial charge in [-0.3, -0.25) is 9.88 Å². The number of hydrogen-bond acceptors (Lipinski definition) is 4. The van der Waals surface area contributed by atoms with Gasteiger partial charge in [-0.1, -0.05) is 12.1 Å². The van der Waals surface area contributed by atoms with Gasteiger partial charge in [0.25, 0.3) is 0 Å². The Balaban J connectivity index is 0.000001000. The maximum atomic E-state index is 9.64. The lowest BCUT2D eigenvalue weighted by Crippen LogP contribution is -2.32. The van der Waals surface area contributed by atoms with Crippen molar-refractivity contribution in [3.63, 3.8) is 0 Å². The first-order valence-corrected chi connectivity index (χ1v) is 6.22. The molecule has 0 radical (unpaired) electrons. The number of hydrogen-bond donors (Lipinski definition) is 2. The number of β-amino-alcohol motifs (C(OH)–C–C–N with tert-alkyl or cyclic N) is 1. The normalized spacial score (nSPS) is 22.3. The SMILES string of the molecule is Cl.Cl.N[C@@H]1CN(Cc2ccc3ncccc3c2)C[C@H]1O. The molecule has 1 fully saturated rings. The third-order valence-corrected chi connectivity index (χ3v) is 3.48. The molecule has 2 atom stereocenters. The summed E-state index contributed by atoms with van der Waals surface area (Å²) in [6.45, 7) is 2.24. The van der Waals surface area contributed by atoms with Crippen molar-refractivity contribution < 1.29 is 5.11 Å². The highest BCUT2D eigenvalue weighted by Crippen LogP contribution is 2.17. The monoisotopic (exact) mass is 315 g/mol. The van der Waals surface area contributed by atoms with Gasteiger partial charge >= 0.3 is 0 Å². The lowest BCUT2D eigenvalue weighted by atomic mass is 10.1. The highest BCUT2D eigenvalue weighted by Gasteiger charge is 2.27. The van der Waals surface area contributed by atoms with E-state index >= 15 is 0 Å². The van der Waals surface area contributed by atoms with Gasteiger partial charge in [0.1, 0.15) is 0 Å². The van der Waals surface area contributed by atoms with Crippen LogP contribution >= 0.6 is 24.8 Å². The number of halogens is 2. The van der Waals surface area contributed by atoms with Crippen molar-refractivity contribution in [3.8, 4) is 0 Å². The van der Waals surface area contributed by atoms with Crippen LogP contribution in [0.25, 0.3) is 10.9 Å². The molecule has 0 saturated carbocycles. The Kier molecular flexibility index (Phi) is 6.17. The largest absolute Gasteiger partial charge is 0.390 e. The van der Waals surface area contributed by atoms with Crippen molar-refractivity contribution >= 4 is 35.7 Å². The molecule has 3 N–H and O–H groups in total. The molecule has 20 heavy (non-hydrogen) atoms. The quantitative estimate of drug-likeness (QED) is 0.883. The van der Waals surface area contributed by atoms with Crippen LogP contribution in [0.3, 0.4) is 0 Å². The molecule has 1 aliphatic rings. The van der Waals surface area contributed by atoms with Gasteiger partial charge in [0.15, 0.2) is 0 Å². The molecule has 4 nitrogen and oxygen atoms in total. The van der Waals surface area contributed by atoms with Crippen LogP contribution in [-0.2, 0) is 6.54 Å². The Morgan fingerprint density at radius 2 is 2.05 bits per heavy atom. The summed E-state index contributed by atoms with van der Waals surface area (Å²) in [5, 5.41) is 10.8. The highest BCUT2D eigenvalue weighted by atomic mass is 35.5. The van der Waals surface area contributed by atoms with Crippen LogP contribution in [0.4, 0.5) is 0 Å². The molecule has 6 heteroatoms. The smallest absolute Gasteiger partial charge is 0.0830 e. The minimum atomic E-state index is -0.396.